The lowest BCUT2D eigenvalue weighted by Crippen LogP contribution is -2.24. The van der Waals surface area contributed by atoms with E-state index in [0.717, 1.165) is 68.0 Å². The zero-order chi connectivity index (χ0) is 27.3. The summed E-state index contributed by atoms with van der Waals surface area (Å²) in [6.07, 6.45) is 7.67. The minimum absolute atomic E-state index is 0.997. The third-order valence-electron chi connectivity index (χ3n) is 7.90. The number of hydrogen-bond acceptors (Lipinski definition) is 6. The zero-order valence-corrected chi connectivity index (χ0v) is 22.4. The van der Waals surface area contributed by atoms with Gasteiger partial charge in [-0.05, 0) is 60.7 Å². The molecule has 0 amide bonds. The highest BCUT2D eigenvalue weighted by Crippen LogP contribution is 2.54. The van der Waals surface area contributed by atoms with Crippen LogP contribution in [0.3, 0.4) is 0 Å². The van der Waals surface area contributed by atoms with Crippen LogP contribution in [0.5, 0.6) is 0 Å². The number of nitrogens with one attached hydrogen (secondary N) is 1. The highest BCUT2D eigenvalue weighted by molar-refractivity contribution is 6.04. The first-order valence-electron chi connectivity index (χ1n) is 13.6. The summed E-state index contributed by atoms with van der Waals surface area (Å²) in [5.74, 6) is 0. The Morgan fingerprint density at radius 2 is 0.829 bits per heavy atom. The topological polar surface area (TPSA) is 47.5 Å². The summed E-state index contributed by atoms with van der Waals surface area (Å²) in [5.41, 5.74) is 12.9. The molecule has 0 aliphatic carbocycles. The number of aromatic nitrogens is 2. The maximum atomic E-state index is 4.63. The molecule has 2 aromatic heterocycles. The Kier molecular flexibility index (Phi) is 5.25. The Labute approximate surface area is 238 Å². The lowest BCUT2D eigenvalue weighted by Gasteiger charge is -2.39. The first-order chi connectivity index (χ1) is 20.3. The van der Waals surface area contributed by atoms with Gasteiger partial charge in [0.2, 0.25) is 0 Å². The maximum absolute atomic E-state index is 4.63. The number of anilines is 10. The van der Waals surface area contributed by atoms with Crippen molar-refractivity contribution in [3.8, 4) is 11.1 Å². The SMILES string of the molecule is CN1c2ccccc2N(c2cnccc2-c2ccncc2N2c3ccccc3Nc3ccccc32)c2ccccc21. The molecule has 0 unspecified atom stereocenters. The molecule has 0 saturated carbocycles. The Balaban J connectivity index is 1.37. The minimum Gasteiger partial charge on any atom is -0.352 e. The van der Waals surface area contributed by atoms with Gasteiger partial charge in [-0.15, -0.1) is 0 Å². The zero-order valence-electron chi connectivity index (χ0n) is 22.4. The van der Waals surface area contributed by atoms with E-state index in [9.17, 15) is 0 Å². The molecule has 1 N–H and O–H groups in total. The molecule has 6 aromatic rings. The molecule has 0 fully saturated rings. The molecule has 2 aliphatic heterocycles. The molecule has 2 aliphatic rings. The molecular weight excluding hydrogens is 504 g/mol. The normalized spacial score (nSPS) is 13.0. The van der Waals surface area contributed by atoms with Crippen molar-refractivity contribution in [2.24, 2.45) is 0 Å². The van der Waals surface area contributed by atoms with Crippen molar-refractivity contribution in [2.45, 2.75) is 0 Å². The summed E-state index contributed by atoms with van der Waals surface area (Å²) < 4.78 is 0. The average molecular weight is 531 g/mol. The molecule has 0 bridgehead atoms. The average Bonchev–Trinajstić information content (AvgIpc) is 3.04. The number of benzene rings is 4. The first kappa shape index (κ1) is 23.3. The summed E-state index contributed by atoms with van der Waals surface area (Å²) in [7, 11) is 2.12. The third-order valence-corrected chi connectivity index (χ3v) is 7.90. The number of nitrogens with zero attached hydrogens (tertiary/aromatic N) is 5. The van der Waals surface area contributed by atoms with Crippen LogP contribution in [0.4, 0.5) is 56.9 Å². The van der Waals surface area contributed by atoms with Crippen LogP contribution >= 0.6 is 0 Å². The Hall–Kier alpha value is -5.62. The Bertz CT molecular complexity index is 1840. The van der Waals surface area contributed by atoms with Crippen molar-refractivity contribution < 1.29 is 0 Å². The van der Waals surface area contributed by atoms with E-state index in [0.29, 0.717) is 0 Å². The van der Waals surface area contributed by atoms with E-state index < -0.39 is 0 Å². The van der Waals surface area contributed by atoms with E-state index in [1.807, 2.05) is 24.8 Å². The van der Waals surface area contributed by atoms with Crippen molar-refractivity contribution in [3.63, 3.8) is 0 Å². The fraction of sp³-hybridized carbons (Fsp3) is 0.0286. The summed E-state index contributed by atoms with van der Waals surface area (Å²) in [4.78, 5) is 16.1. The molecule has 0 saturated heterocycles. The van der Waals surface area contributed by atoms with E-state index in [-0.39, 0.29) is 0 Å². The molecule has 6 heteroatoms. The Morgan fingerprint density at radius 3 is 1.32 bits per heavy atom. The fourth-order valence-corrected chi connectivity index (χ4v) is 6.06. The summed E-state index contributed by atoms with van der Waals surface area (Å²) in [6, 6.07) is 38.1. The molecule has 4 heterocycles. The number of pyridine rings is 2. The van der Waals surface area contributed by atoms with E-state index in [2.05, 4.69) is 146 Å². The van der Waals surface area contributed by atoms with Gasteiger partial charge in [0, 0.05) is 30.6 Å². The van der Waals surface area contributed by atoms with Crippen LogP contribution < -0.4 is 20.0 Å². The largest absolute Gasteiger partial charge is 0.352 e. The predicted octanol–water partition coefficient (Wildman–Crippen LogP) is 9.22. The van der Waals surface area contributed by atoms with Gasteiger partial charge in [0.1, 0.15) is 0 Å². The molecular formula is C35H26N6. The quantitative estimate of drug-likeness (QED) is 0.246. The van der Waals surface area contributed by atoms with Gasteiger partial charge in [-0.1, -0.05) is 48.5 Å². The van der Waals surface area contributed by atoms with Gasteiger partial charge >= 0.3 is 0 Å². The third kappa shape index (κ3) is 3.58. The fourth-order valence-electron chi connectivity index (χ4n) is 6.06. The number of fused-ring (bicyclic) bond motifs is 4. The Morgan fingerprint density at radius 1 is 0.439 bits per heavy atom. The first-order valence-corrected chi connectivity index (χ1v) is 13.6. The lowest BCUT2D eigenvalue weighted by molar-refractivity contribution is 1.12. The van der Waals surface area contributed by atoms with E-state index in [1.165, 1.54) is 0 Å². The molecule has 4 aromatic carbocycles. The number of rotatable bonds is 3. The van der Waals surface area contributed by atoms with Gasteiger partial charge in [0.15, 0.2) is 0 Å². The van der Waals surface area contributed by atoms with Gasteiger partial charge in [-0.25, -0.2) is 0 Å². The van der Waals surface area contributed by atoms with Crippen LogP contribution in [0.25, 0.3) is 11.1 Å². The highest BCUT2D eigenvalue weighted by Gasteiger charge is 2.31. The second-order valence-electron chi connectivity index (χ2n) is 10.2. The summed E-state index contributed by atoms with van der Waals surface area (Å²) in [5, 5.41) is 3.60. The second-order valence-corrected chi connectivity index (χ2v) is 10.2. The molecule has 0 radical (unpaired) electrons. The van der Waals surface area contributed by atoms with Crippen LogP contribution in [-0.2, 0) is 0 Å². The van der Waals surface area contributed by atoms with Gasteiger partial charge in [-0.3, -0.25) is 9.97 Å². The molecule has 0 atom stereocenters. The molecule has 41 heavy (non-hydrogen) atoms. The van der Waals surface area contributed by atoms with E-state index in [4.69, 9.17) is 0 Å². The van der Waals surface area contributed by atoms with Crippen LogP contribution in [0.1, 0.15) is 0 Å². The second kappa shape index (κ2) is 9.24. The van der Waals surface area contributed by atoms with Crippen molar-refractivity contribution in [1.29, 1.82) is 0 Å². The molecule has 196 valence electrons. The van der Waals surface area contributed by atoms with Crippen molar-refractivity contribution in [3.05, 3.63) is 134 Å². The van der Waals surface area contributed by atoms with Crippen LogP contribution in [0, 0.1) is 0 Å². The molecule has 6 nitrogen and oxygen atoms in total. The summed E-state index contributed by atoms with van der Waals surface area (Å²) >= 11 is 0. The monoisotopic (exact) mass is 530 g/mol. The van der Waals surface area contributed by atoms with Crippen LogP contribution in [0.2, 0.25) is 0 Å². The van der Waals surface area contributed by atoms with E-state index >= 15 is 0 Å². The van der Waals surface area contributed by atoms with Gasteiger partial charge in [0.25, 0.3) is 0 Å². The van der Waals surface area contributed by atoms with Gasteiger partial charge in [0.05, 0.1) is 69.3 Å². The number of para-hydroxylation sites is 8. The standard InChI is InChI=1S/C35H26N6/c1-39-30-14-6-8-16-32(30)41(33-17-9-7-15-31(33)39)35-23-37-21-19-25(35)24-18-20-36-22-34(24)40-28-12-4-2-10-26(28)38-27-11-3-5-13-29(27)40/h2-23,38H,1H3. The highest BCUT2D eigenvalue weighted by atomic mass is 15.3. The van der Waals surface area contributed by atoms with Gasteiger partial charge in [-0.2, -0.15) is 0 Å². The van der Waals surface area contributed by atoms with Gasteiger partial charge < -0.3 is 20.0 Å². The van der Waals surface area contributed by atoms with Crippen molar-refractivity contribution in [2.75, 3.05) is 27.1 Å². The maximum Gasteiger partial charge on any atom is 0.0725 e. The molecule has 8 rings (SSSR count). The molecule has 0 spiro atoms. The smallest absolute Gasteiger partial charge is 0.0725 e. The predicted molar refractivity (Wildman–Crippen MR) is 168 cm³/mol. The lowest BCUT2D eigenvalue weighted by atomic mass is 9.99. The van der Waals surface area contributed by atoms with E-state index in [1.54, 1.807) is 0 Å². The van der Waals surface area contributed by atoms with Crippen LogP contribution in [0.15, 0.2) is 134 Å². The van der Waals surface area contributed by atoms with Crippen LogP contribution in [-0.4, -0.2) is 17.0 Å². The van der Waals surface area contributed by atoms with Crippen molar-refractivity contribution >= 4 is 56.9 Å². The summed E-state index contributed by atoms with van der Waals surface area (Å²) in [6.45, 7) is 0. The minimum atomic E-state index is 0.997. The van der Waals surface area contributed by atoms with Crippen molar-refractivity contribution in [1.82, 2.24) is 9.97 Å². The number of hydrogen-bond donors (Lipinski definition) is 1.